The van der Waals surface area contributed by atoms with Crippen LogP contribution in [0, 0.1) is 17.6 Å². The Morgan fingerprint density at radius 2 is 1.94 bits per heavy atom. The van der Waals surface area contributed by atoms with Gasteiger partial charge >= 0.3 is 6.18 Å². The molecular formula is C22H22F5N3O5. The molecule has 13 heteroatoms. The van der Waals surface area contributed by atoms with Crippen LogP contribution in [0.2, 0.25) is 0 Å². The zero-order valence-corrected chi connectivity index (χ0v) is 18.8. The number of hydrogen-bond acceptors (Lipinski definition) is 5. The molecule has 1 saturated heterocycles. The van der Waals surface area contributed by atoms with Gasteiger partial charge in [0, 0.05) is 23.6 Å². The summed E-state index contributed by atoms with van der Waals surface area (Å²) in [5.74, 6) is -8.46. The number of rotatable bonds is 5. The predicted molar refractivity (Wildman–Crippen MR) is 109 cm³/mol. The molecule has 1 aliphatic rings. The van der Waals surface area contributed by atoms with E-state index < -0.39 is 64.6 Å². The largest absolute Gasteiger partial charge is 0.490 e. The molecule has 0 spiro atoms. The summed E-state index contributed by atoms with van der Waals surface area (Å²) < 4.78 is 81.3. The van der Waals surface area contributed by atoms with Gasteiger partial charge in [-0.1, -0.05) is 13.0 Å². The van der Waals surface area contributed by atoms with Crippen molar-refractivity contribution in [1.82, 2.24) is 4.73 Å². The molecule has 2 heterocycles. The van der Waals surface area contributed by atoms with Crippen LogP contribution < -0.4 is 15.8 Å². The van der Waals surface area contributed by atoms with E-state index >= 15 is 0 Å². The van der Waals surface area contributed by atoms with Crippen molar-refractivity contribution in [2.24, 2.45) is 16.6 Å². The third-order valence-corrected chi connectivity index (χ3v) is 6.05. The highest BCUT2D eigenvalue weighted by molar-refractivity contribution is 5.91. The maximum absolute atomic E-state index is 14.5. The van der Waals surface area contributed by atoms with Crippen LogP contribution >= 0.6 is 0 Å². The maximum atomic E-state index is 14.5. The molecule has 1 aromatic heterocycles. The molecule has 8 nitrogen and oxygen atoms in total. The Labute approximate surface area is 195 Å². The van der Waals surface area contributed by atoms with Crippen molar-refractivity contribution in [2.75, 3.05) is 6.61 Å². The van der Waals surface area contributed by atoms with E-state index in [4.69, 9.17) is 15.2 Å². The van der Waals surface area contributed by atoms with Gasteiger partial charge in [0.15, 0.2) is 17.2 Å². The highest BCUT2D eigenvalue weighted by Gasteiger charge is 2.65. The van der Waals surface area contributed by atoms with E-state index in [1.807, 2.05) is 0 Å². The fourth-order valence-electron chi connectivity index (χ4n) is 4.04. The lowest BCUT2D eigenvalue weighted by Gasteiger charge is -2.32. The summed E-state index contributed by atoms with van der Waals surface area (Å²) >= 11 is 0. The molecule has 4 atom stereocenters. The van der Waals surface area contributed by atoms with Crippen LogP contribution in [0.1, 0.15) is 42.7 Å². The van der Waals surface area contributed by atoms with E-state index in [-0.39, 0.29) is 17.5 Å². The molecule has 0 unspecified atom stereocenters. The summed E-state index contributed by atoms with van der Waals surface area (Å²) in [6.45, 7) is 3.26. The minimum absolute atomic E-state index is 0.129. The number of carbonyl (C=O) groups excluding carboxylic acids is 2. The SMILES string of the molecule is CCOc1c([C@H]2[C@@H](C(=O)N=c3ccn(O)c(C(N)=O)c3)O[C@@](C)(C(F)(F)F)[C@H]2C)ccc(F)c1F. The fraction of sp³-hybridized carbons (Fsp3) is 0.409. The first-order chi connectivity index (χ1) is 16.2. The van der Waals surface area contributed by atoms with Crippen LogP contribution in [0.25, 0.3) is 0 Å². The van der Waals surface area contributed by atoms with E-state index in [2.05, 4.69) is 4.99 Å². The molecule has 0 radical (unpaired) electrons. The van der Waals surface area contributed by atoms with Gasteiger partial charge in [-0.05, 0) is 32.0 Å². The lowest BCUT2D eigenvalue weighted by Crippen LogP contribution is -2.47. The second-order valence-corrected chi connectivity index (χ2v) is 8.10. The van der Waals surface area contributed by atoms with Gasteiger partial charge in [0.2, 0.25) is 5.82 Å². The molecule has 3 rings (SSSR count). The molecule has 35 heavy (non-hydrogen) atoms. The van der Waals surface area contributed by atoms with Gasteiger partial charge in [-0.15, -0.1) is 0 Å². The number of alkyl halides is 3. The van der Waals surface area contributed by atoms with E-state index in [0.717, 1.165) is 37.4 Å². The first-order valence-corrected chi connectivity index (χ1v) is 10.4. The van der Waals surface area contributed by atoms with Crippen LogP contribution in [0.3, 0.4) is 0 Å². The zero-order valence-electron chi connectivity index (χ0n) is 18.8. The van der Waals surface area contributed by atoms with Gasteiger partial charge in [0.1, 0.15) is 11.8 Å². The van der Waals surface area contributed by atoms with E-state index in [0.29, 0.717) is 4.73 Å². The second-order valence-electron chi connectivity index (χ2n) is 8.10. The average Bonchev–Trinajstić information content (AvgIpc) is 3.05. The summed E-state index contributed by atoms with van der Waals surface area (Å²) in [5, 5.41) is 9.42. The van der Waals surface area contributed by atoms with E-state index in [1.54, 1.807) is 0 Å². The van der Waals surface area contributed by atoms with Crippen LogP contribution in [0.5, 0.6) is 5.75 Å². The van der Waals surface area contributed by atoms with Crippen molar-refractivity contribution in [3.63, 3.8) is 0 Å². The minimum Gasteiger partial charge on any atom is -0.490 e. The van der Waals surface area contributed by atoms with Crippen LogP contribution in [-0.2, 0) is 9.53 Å². The van der Waals surface area contributed by atoms with Crippen molar-refractivity contribution >= 4 is 11.8 Å². The van der Waals surface area contributed by atoms with Crippen molar-refractivity contribution in [1.29, 1.82) is 0 Å². The summed E-state index contributed by atoms with van der Waals surface area (Å²) in [6, 6.07) is 3.81. The van der Waals surface area contributed by atoms with Crippen molar-refractivity contribution in [2.45, 2.75) is 44.6 Å². The number of nitrogens with zero attached hydrogens (tertiary/aromatic N) is 2. The summed E-state index contributed by atoms with van der Waals surface area (Å²) in [6.07, 6.45) is -5.86. The molecule has 0 bridgehead atoms. The van der Waals surface area contributed by atoms with Crippen molar-refractivity contribution in [3.8, 4) is 5.75 Å². The molecule has 190 valence electrons. The number of aromatic nitrogens is 1. The Bertz CT molecular complexity index is 1230. The number of pyridine rings is 1. The van der Waals surface area contributed by atoms with Gasteiger partial charge in [0.05, 0.1) is 12.0 Å². The van der Waals surface area contributed by atoms with Crippen LogP contribution in [0.15, 0.2) is 35.5 Å². The standard InChI is InChI=1S/C22H22F5N3O5/c1-4-34-17-12(5-6-13(23)16(17)24)15-10(2)21(3,22(25,26)27)35-18(15)20(32)29-11-7-8-30(33)14(9-11)19(28)31/h5-10,15,18,33H,4H2,1-3H3,(H2,28,31)/t10-,15-,18-,21+/m0/s1. The number of hydrogen-bond donors (Lipinski definition) is 2. The van der Waals surface area contributed by atoms with Gasteiger partial charge in [-0.25, -0.2) is 9.38 Å². The predicted octanol–water partition coefficient (Wildman–Crippen LogP) is 3.07. The molecule has 2 aromatic rings. The minimum atomic E-state index is -4.93. The van der Waals surface area contributed by atoms with Crippen molar-refractivity contribution < 1.29 is 46.2 Å². The van der Waals surface area contributed by atoms with E-state index in [1.165, 1.54) is 13.8 Å². The quantitative estimate of drug-likeness (QED) is 0.481. The molecule has 1 aromatic carbocycles. The summed E-state index contributed by atoms with van der Waals surface area (Å²) in [5.41, 5.74) is 1.65. The first kappa shape index (κ1) is 26.1. The van der Waals surface area contributed by atoms with Crippen LogP contribution in [-0.4, -0.2) is 46.2 Å². The number of carbonyl (C=O) groups is 2. The molecule has 0 aliphatic carbocycles. The zero-order chi connectivity index (χ0) is 26.3. The normalized spacial score (nSPS) is 25.0. The molecule has 1 aliphatic heterocycles. The fourth-order valence-corrected chi connectivity index (χ4v) is 4.04. The van der Waals surface area contributed by atoms with Gasteiger partial charge in [-0.2, -0.15) is 22.3 Å². The van der Waals surface area contributed by atoms with Gasteiger partial charge in [-0.3, -0.25) is 9.59 Å². The Balaban J connectivity index is 2.19. The Morgan fingerprint density at radius 1 is 1.29 bits per heavy atom. The van der Waals surface area contributed by atoms with E-state index in [9.17, 15) is 36.7 Å². The summed E-state index contributed by atoms with van der Waals surface area (Å²) in [7, 11) is 0. The highest BCUT2D eigenvalue weighted by atomic mass is 19.4. The number of primary amides is 1. The Hall–Kier alpha value is -3.48. The molecule has 3 N–H and O–H groups in total. The third-order valence-electron chi connectivity index (χ3n) is 6.05. The monoisotopic (exact) mass is 503 g/mol. The number of benzene rings is 1. The average molecular weight is 503 g/mol. The topological polar surface area (TPSA) is 116 Å². The summed E-state index contributed by atoms with van der Waals surface area (Å²) in [4.78, 5) is 28.3. The third kappa shape index (κ3) is 4.59. The van der Waals surface area contributed by atoms with Gasteiger partial charge < -0.3 is 20.4 Å². The highest BCUT2D eigenvalue weighted by Crippen LogP contribution is 2.55. The molecule has 1 fully saturated rings. The number of ether oxygens (including phenoxy) is 2. The molecule has 0 saturated carbocycles. The molecular weight excluding hydrogens is 481 g/mol. The maximum Gasteiger partial charge on any atom is 0.417 e. The number of halogens is 5. The Morgan fingerprint density at radius 3 is 2.51 bits per heavy atom. The lowest BCUT2D eigenvalue weighted by atomic mass is 9.77. The smallest absolute Gasteiger partial charge is 0.417 e. The molecule has 2 amide bonds. The first-order valence-electron chi connectivity index (χ1n) is 10.4. The van der Waals surface area contributed by atoms with Crippen molar-refractivity contribution in [3.05, 3.63) is 58.7 Å². The van der Waals surface area contributed by atoms with Gasteiger partial charge in [0.25, 0.3) is 11.8 Å². The van der Waals surface area contributed by atoms with Crippen LogP contribution in [0.4, 0.5) is 22.0 Å². The Kier molecular flexibility index (Phi) is 6.93. The number of nitrogens with two attached hydrogens (primary N) is 1. The lowest BCUT2D eigenvalue weighted by molar-refractivity contribution is -0.272. The second kappa shape index (κ2) is 9.29. The number of amides is 2.